The lowest BCUT2D eigenvalue weighted by Gasteiger charge is -2.16. The van der Waals surface area contributed by atoms with Gasteiger partial charge in [0, 0.05) is 18.0 Å². The van der Waals surface area contributed by atoms with Gasteiger partial charge in [-0.1, -0.05) is 5.16 Å². The van der Waals surface area contributed by atoms with Crippen LogP contribution in [0.4, 0.5) is 0 Å². The van der Waals surface area contributed by atoms with Gasteiger partial charge in [0.15, 0.2) is 5.82 Å². The summed E-state index contributed by atoms with van der Waals surface area (Å²) >= 11 is 0. The van der Waals surface area contributed by atoms with Gasteiger partial charge < -0.3 is 19.3 Å². The van der Waals surface area contributed by atoms with E-state index >= 15 is 0 Å². The Morgan fingerprint density at radius 3 is 2.96 bits per heavy atom. The second-order valence-electron chi connectivity index (χ2n) is 5.27. The average molecular weight is 338 g/mol. The van der Waals surface area contributed by atoms with Gasteiger partial charge in [-0.2, -0.15) is 4.98 Å². The van der Waals surface area contributed by atoms with Crippen LogP contribution in [0.5, 0.6) is 11.5 Å². The fourth-order valence-corrected chi connectivity index (χ4v) is 2.25. The fourth-order valence-electron chi connectivity index (χ4n) is 2.25. The number of rotatable bonds is 5. The van der Waals surface area contributed by atoms with Crippen molar-refractivity contribution in [2.75, 3.05) is 20.8 Å². The third kappa shape index (κ3) is 3.83. The predicted octanol–water partition coefficient (Wildman–Crippen LogP) is 2.58. The van der Waals surface area contributed by atoms with Crippen LogP contribution in [-0.2, 0) is 6.42 Å². The van der Waals surface area contributed by atoms with Crippen molar-refractivity contribution in [2.45, 2.75) is 19.4 Å². The molecule has 0 bridgehead atoms. The smallest absolute Gasteiger partial charge is 0.257 e. The van der Waals surface area contributed by atoms with Crippen LogP contribution < -0.4 is 14.8 Å². The number of hydrogen-bond acceptors (Lipinski definition) is 6. The van der Waals surface area contributed by atoms with Crippen LogP contribution in [0.25, 0.3) is 11.6 Å². The van der Waals surface area contributed by atoms with Crippen molar-refractivity contribution in [3.05, 3.63) is 35.5 Å². The summed E-state index contributed by atoms with van der Waals surface area (Å²) in [6, 6.07) is 6.00. The molecule has 6 nitrogen and oxygen atoms in total. The summed E-state index contributed by atoms with van der Waals surface area (Å²) in [6.07, 6.45) is 2.72. The van der Waals surface area contributed by atoms with Crippen molar-refractivity contribution in [3.63, 3.8) is 0 Å². The van der Waals surface area contributed by atoms with Crippen molar-refractivity contribution in [1.82, 2.24) is 15.5 Å². The van der Waals surface area contributed by atoms with E-state index in [9.17, 15) is 0 Å². The standard InChI is InChI=1S/C16H19N3O3.ClH/c1-10(17-2)6-15-18-16(22-19-15)12-7-11-8-13(20-3)4-5-14(11)21-9-12;/h4-5,7-8,10,17H,6,9H2,1-3H3;1H. The number of benzene rings is 1. The zero-order valence-corrected chi connectivity index (χ0v) is 14.1. The molecule has 3 rings (SSSR count). The molecule has 0 amide bonds. The Bertz CT molecular complexity index is 700. The molecule has 0 spiro atoms. The molecule has 1 atom stereocenters. The first-order chi connectivity index (χ1) is 10.7. The maximum absolute atomic E-state index is 5.74. The van der Waals surface area contributed by atoms with Gasteiger partial charge in [-0.05, 0) is 38.2 Å². The first-order valence-corrected chi connectivity index (χ1v) is 7.21. The molecule has 1 aliphatic heterocycles. The Labute approximate surface area is 141 Å². The Kier molecular flexibility index (Phi) is 5.63. The van der Waals surface area contributed by atoms with Crippen LogP contribution >= 0.6 is 12.4 Å². The molecule has 124 valence electrons. The van der Waals surface area contributed by atoms with E-state index in [1.54, 1.807) is 7.11 Å². The number of halogens is 1. The normalized spacial score (nSPS) is 14.1. The van der Waals surface area contributed by atoms with E-state index in [1.165, 1.54) is 0 Å². The molecule has 0 fully saturated rings. The topological polar surface area (TPSA) is 69.4 Å². The summed E-state index contributed by atoms with van der Waals surface area (Å²) < 4.78 is 16.3. The molecule has 1 N–H and O–H groups in total. The van der Waals surface area contributed by atoms with E-state index in [1.807, 2.05) is 31.3 Å². The maximum atomic E-state index is 5.74. The van der Waals surface area contributed by atoms with Gasteiger partial charge in [0.1, 0.15) is 18.1 Å². The molecule has 7 heteroatoms. The predicted molar refractivity (Wildman–Crippen MR) is 90.1 cm³/mol. The Balaban J connectivity index is 0.00000192. The second kappa shape index (κ2) is 7.48. The number of fused-ring (bicyclic) bond motifs is 1. The van der Waals surface area contributed by atoms with E-state index in [0.717, 1.165) is 29.1 Å². The molecule has 0 saturated heterocycles. The number of nitrogens with one attached hydrogen (secondary N) is 1. The SMILES string of the molecule is CNC(C)Cc1noc(C2=Cc3cc(OC)ccc3OC2)n1.Cl. The first-order valence-electron chi connectivity index (χ1n) is 7.21. The average Bonchev–Trinajstić information content (AvgIpc) is 3.02. The van der Waals surface area contributed by atoms with E-state index in [4.69, 9.17) is 14.0 Å². The van der Waals surface area contributed by atoms with Gasteiger partial charge in [-0.3, -0.25) is 0 Å². The third-order valence-corrected chi connectivity index (χ3v) is 3.65. The van der Waals surface area contributed by atoms with Crippen LogP contribution in [0.3, 0.4) is 0 Å². The quantitative estimate of drug-likeness (QED) is 0.904. The van der Waals surface area contributed by atoms with Gasteiger partial charge in [-0.15, -0.1) is 12.4 Å². The Morgan fingerprint density at radius 1 is 1.39 bits per heavy atom. The van der Waals surface area contributed by atoms with Gasteiger partial charge in [0.2, 0.25) is 0 Å². The molecule has 1 unspecified atom stereocenters. The number of ether oxygens (including phenoxy) is 2. The number of hydrogen-bond donors (Lipinski definition) is 1. The van der Waals surface area contributed by atoms with Crippen molar-refractivity contribution in [3.8, 4) is 11.5 Å². The number of nitrogens with zero attached hydrogens (tertiary/aromatic N) is 2. The van der Waals surface area contributed by atoms with Gasteiger partial charge >= 0.3 is 0 Å². The molecule has 0 radical (unpaired) electrons. The lowest BCUT2D eigenvalue weighted by Crippen LogP contribution is -2.24. The highest BCUT2D eigenvalue weighted by atomic mass is 35.5. The molecule has 0 aliphatic carbocycles. The number of methoxy groups -OCH3 is 1. The minimum absolute atomic E-state index is 0. The molecule has 2 aromatic rings. The molecule has 1 aliphatic rings. The van der Waals surface area contributed by atoms with Crippen molar-refractivity contribution in [2.24, 2.45) is 0 Å². The molecule has 23 heavy (non-hydrogen) atoms. The largest absolute Gasteiger partial charge is 0.497 e. The Morgan fingerprint density at radius 2 is 2.22 bits per heavy atom. The summed E-state index contributed by atoms with van der Waals surface area (Å²) in [7, 11) is 3.55. The van der Waals surface area contributed by atoms with E-state index in [2.05, 4.69) is 22.4 Å². The maximum Gasteiger partial charge on any atom is 0.257 e. The lowest BCUT2D eigenvalue weighted by atomic mass is 10.1. The highest BCUT2D eigenvalue weighted by Crippen LogP contribution is 2.32. The molecular weight excluding hydrogens is 318 g/mol. The van der Waals surface area contributed by atoms with E-state index < -0.39 is 0 Å². The van der Waals surface area contributed by atoms with Crippen LogP contribution in [0.15, 0.2) is 22.7 Å². The highest BCUT2D eigenvalue weighted by Gasteiger charge is 2.19. The summed E-state index contributed by atoms with van der Waals surface area (Å²) in [5.74, 6) is 2.81. The molecular formula is C16H20ClN3O3. The lowest BCUT2D eigenvalue weighted by molar-refractivity contribution is 0.349. The van der Waals surface area contributed by atoms with Gasteiger partial charge in [0.05, 0.1) is 12.7 Å². The van der Waals surface area contributed by atoms with Crippen molar-refractivity contribution < 1.29 is 14.0 Å². The zero-order valence-electron chi connectivity index (χ0n) is 13.3. The summed E-state index contributed by atoms with van der Waals surface area (Å²) in [4.78, 5) is 4.44. The van der Waals surface area contributed by atoms with E-state index in [-0.39, 0.29) is 12.4 Å². The van der Waals surface area contributed by atoms with Crippen LogP contribution in [0.1, 0.15) is 24.2 Å². The summed E-state index contributed by atoms with van der Waals surface area (Å²) in [6.45, 7) is 2.49. The number of aromatic nitrogens is 2. The highest BCUT2D eigenvalue weighted by molar-refractivity contribution is 5.85. The van der Waals surface area contributed by atoms with Gasteiger partial charge in [0.25, 0.3) is 5.89 Å². The van der Waals surface area contributed by atoms with Crippen LogP contribution in [0, 0.1) is 0 Å². The molecule has 0 saturated carbocycles. The minimum Gasteiger partial charge on any atom is -0.497 e. The van der Waals surface area contributed by atoms with Crippen LogP contribution in [0.2, 0.25) is 0 Å². The summed E-state index contributed by atoms with van der Waals surface area (Å²) in [5.41, 5.74) is 1.82. The zero-order chi connectivity index (χ0) is 15.5. The minimum atomic E-state index is 0. The Hall–Kier alpha value is -2.05. The van der Waals surface area contributed by atoms with Crippen molar-refractivity contribution >= 4 is 24.1 Å². The van der Waals surface area contributed by atoms with E-state index in [0.29, 0.717) is 24.4 Å². The monoisotopic (exact) mass is 337 g/mol. The molecule has 1 aromatic carbocycles. The first kappa shape index (κ1) is 17.3. The van der Waals surface area contributed by atoms with Gasteiger partial charge in [-0.25, -0.2) is 0 Å². The third-order valence-electron chi connectivity index (χ3n) is 3.65. The molecule has 2 heterocycles. The van der Waals surface area contributed by atoms with Crippen molar-refractivity contribution in [1.29, 1.82) is 0 Å². The fraction of sp³-hybridized carbons (Fsp3) is 0.375. The number of likely N-dealkylation sites (N-methyl/N-ethyl adjacent to an activating group) is 1. The second-order valence-corrected chi connectivity index (χ2v) is 5.27. The molecule has 1 aromatic heterocycles. The summed E-state index contributed by atoms with van der Waals surface area (Å²) in [5, 5.41) is 7.17. The van der Waals surface area contributed by atoms with Crippen LogP contribution in [-0.4, -0.2) is 36.9 Å².